The van der Waals surface area contributed by atoms with E-state index in [0.29, 0.717) is 12.6 Å². The van der Waals surface area contributed by atoms with Crippen LogP contribution in [0.15, 0.2) is 42.5 Å². The van der Waals surface area contributed by atoms with Gasteiger partial charge in [-0.2, -0.15) is 0 Å². The fourth-order valence-corrected chi connectivity index (χ4v) is 4.52. The van der Waals surface area contributed by atoms with E-state index in [1.165, 1.54) is 28.1 Å². The van der Waals surface area contributed by atoms with Crippen molar-refractivity contribution in [3.8, 4) is 0 Å². The summed E-state index contributed by atoms with van der Waals surface area (Å²) in [5.41, 5.74) is 6.59. The van der Waals surface area contributed by atoms with Gasteiger partial charge in [0.05, 0.1) is 6.54 Å². The average Bonchev–Trinajstić information content (AvgIpc) is 2.72. The van der Waals surface area contributed by atoms with Gasteiger partial charge in [-0.25, -0.2) is 0 Å². The highest BCUT2D eigenvalue weighted by Gasteiger charge is 2.28. The van der Waals surface area contributed by atoms with Gasteiger partial charge in [0.2, 0.25) is 5.91 Å². The van der Waals surface area contributed by atoms with E-state index in [2.05, 4.69) is 73.0 Å². The van der Waals surface area contributed by atoms with E-state index in [4.69, 9.17) is 0 Å². The van der Waals surface area contributed by atoms with Crippen LogP contribution in [0.4, 0.5) is 11.4 Å². The fraction of sp³-hybridized carbons (Fsp3) is 0.458. The van der Waals surface area contributed by atoms with Crippen LogP contribution in [0.5, 0.6) is 0 Å². The molecule has 4 heteroatoms. The summed E-state index contributed by atoms with van der Waals surface area (Å²) in [5, 5.41) is 0. The number of aryl methyl sites for hydroxylation is 2. The maximum absolute atomic E-state index is 13.1. The first-order valence-corrected chi connectivity index (χ1v) is 10.5. The molecule has 1 fully saturated rings. The highest BCUT2D eigenvalue weighted by atomic mass is 16.2. The minimum absolute atomic E-state index is 0.254. The number of rotatable bonds is 3. The Morgan fingerprint density at radius 1 is 0.964 bits per heavy atom. The van der Waals surface area contributed by atoms with Crippen molar-refractivity contribution in [3.05, 3.63) is 59.2 Å². The second kappa shape index (κ2) is 7.86. The van der Waals surface area contributed by atoms with Gasteiger partial charge in [0.1, 0.15) is 0 Å². The summed E-state index contributed by atoms with van der Waals surface area (Å²) in [6, 6.07) is 15.4. The number of hydrogen-bond acceptors (Lipinski definition) is 3. The number of carbonyl (C=O) groups is 1. The van der Waals surface area contributed by atoms with Crippen molar-refractivity contribution in [2.24, 2.45) is 0 Å². The monoisotopic (exact) mass is 377 g/mol. The van der Waals surface area contributed by atoms with Crippen molar-refractivity contribution in [1.82, 2.24) is 4.90 Å². The fourth-order valence-electron chi connectivity index (χ4n) is 4.52. The molecule has 148 valence electrons. The number of amides is 1. The summed E-state index contributed by atoms with van der Waals surface area (Å²) < 4.78 is 0. The lowest BCUT2D eigenvalue weighted by Gasteiger charge is -2.40. The first-order valence-electron chi connectivity index (χ1n) is 10.5. The third-order valence-corrected chi connectivity index (χ3v) is 6.52. The SMILES string of the molecule is Cc1cccc(N2CCN(C(=O)CN3c4ccccc4CC[C@@H]3C)CC2)c1C. The van der Waals surface area contributed by atoms with Gasteiger partial charge < -0.3 is 14.7 Å². The van der Waals surface area contributed by atoms with E-state index in [0.717, 1.165) is 39.0 Å². The second-order valence-electron chi connectivity index (χ2n) is 8.23. The van der Waals surface area contributed by atoms with Crippen LogP contribution in [0, 0.1) is 13.8 Å². The van der Waals surface area contributed by atoms with Crippen molar-refractivity contribution in [1.29, 1.82) is 0 Å². The molecule has 0 aliphatic carbocycles. The zero-order valence-corrected chi connectivity index (χ0v) is 17.3. The largest absolute Gasteiger partial charge is 0.368 e. The van der Waals surface area contributed by atoms with Crippen molar-refractivity contribution in [2.45, 2.75) is 39.7 Å². The molecular formula is C24H31N3O. The van der Waals surface area contributed by atoms with E-state index < -0.39 is 0 Å². The Morgan fingerprint density at radius 2 is 1.68 bits per heavy atom. The van der Waals surface area contributed by atoms with Crippen LogP contribution in [0.3, 0.4) is 0 Å². The van der Waals surface area contributed by atoms with Crippen molar-refractivity contribution < 1.29 is 4.79 Å². The first-order chi connectivity index (χ1) is 13.5. The lowest BCUT2D eigenvalue weighted by Crippen LogP contribution is -2.52. The Bertz CT molecular complexity index is 855. The highest BCUT2D eigenvalue weighted by molar-refractivity contribution is 5.82. The molecule has 0 unspecified atom stereocenters. The van der Waals surface area contributed by atoms with Gasteiger partial charge in [-0.1, -0.05) is 30.3 Å². The molecule has 2 aliphatic rings. The van der Waals surface area contributed by atoms with Gasteiger partial charge in [-0.3, -0.25) is 4.79 Å². The predicted molar refractivity (Wildman–Crippen MR) is 116 cm³/mol. The summed E-state index contributed by atoms with van der Waals surface area (Å²) in [6.07, 6.45) is 2.22. The molecule has 2 aromatic rings. The van der Waals surface area contributed by atoms with Crippen LogP contribution < -0.4 is 9.80 Å². The zero-order valence-electron chi connectivity index (χ0n) is 17.3. The number of nitrogens with zero attached hydrogens (tertiary/aromatic N) is 3. The molecule has 28 heavy (non-hydrogen) atoms. The number of hydrogen-bond donors (Lipinski definition) is 0. The van der Waals surface area contributed by atoms with Gasteiger partial charge in [-0.15, -0.1) is 0 Å². The normalized spacial score (nSPS) is 19.5. The lowest BCUT2D eigenvalue weighted by molar-refractivity contribution is -0.130. The minimum atomic E-state index is 0.254. The minimum Gasteiger partial charge on any atom is -0.368 e. The summed E-state index contributed by atoms with van der Waals surface area (Å²) >= 11 is 0. The van der Waals surface area contributed by atoms with E-state index in [1.54, 1.807) is 0 Å². The maximum Gasteiger partial charge on any atom is 0.242 e. The van der Waals surface area contributed by atoms with Crippen molar-refractivity contribution in [3.63, 3.8) is 0 Å². The van der Waals surface area contributed by atoms with Crippen LogP contribution in [0.2, 0.25) is 0 Å². The number of carbonyl (C=O) groups excluding carboxylic acids is 1. The molecule has 2 aromatic carbocycles. The number of piperazine rings is 1. The number of para-hydroxylation sites is 1. The topological polar surface area (TPSA) is 26.8 Å². The molecule has 0 N–H and O–H groups in total. The Morgan fingerprint density at radius 3 is 2.46 bits per heavy atom. The van der Waals surface area contributed by atoms with Crippen LogP contribution in [-0.2, 0) is 11.2 Å². The zero-order chi connectivity index (χ0) is 19.7. The molecule has 2 aliphatic heterocycles. The number of benzene rings is 2. The van der Waals surface area contributed by atoms with Gasteiger partial charge >= 0.3 is 0 Å². The van der Waals surface area contributed by atoms with Crippen LogP contribution in [-0.4, -0.2) is 49.6 Å². The summed E-state index contributed by atoms with van der Waals surface area (Å²) in [4.78, 5) is 19.8. The summed E-state index contributed by atoms with van der Waals surface area (Å²) in [6.45, 7) is 10.5. The quantitative estimate of drug-likeness (QED) is 0.814. The Kier molecular flexibility index (Phi) is 5.29. The molecule has 0 aromatic heterocycles. The van der Waals surface area contributed by atoms with E-state index in [9.17, 15) is 4.79 Å². The third kappa shape index (κ3) is 3.60. The molecule has 0 bridgehead atoms. The van der Waals surface area contributed by atoms with E-state index in [1.807, 2.05) is 4.90 Å². The standard InChI is InChI=1S/C24H31N3O/c1-18-7-6-10-22(20(18)3)25-13-15-26(16-14-25)24(28)17-27-19(2)11-12-21-8-4-5-9-23(21)27/h4-10,19H,11-17H2,1-3H3/t19-/m0/s1. The van der Waals surface area contributed by atoms with Gasteiger partial charge in [0.25, 0.3) is 0 Å². The average molecular weight is 378 g/mol. The van der Waals surface area contributed by atoms with Gasteiger partial charge in [0, 0.05) is 43.6 Å². The van der Waals surface area contributed by atoms with Crippen molar-refractivity contribution in [2.75, 3.05) is 42.5 Å². The maximum atomic E-state index is 13.1. The molecular weight excluding hydrogens is 346 g/mol. The predicted octanol–water partition coefficient (Wildman–Crippen LogP) is 3.79. The molecule has 2 heterocycles. The van der Waals surface area contributed by atoms with Crippen LogP contribution >= 0.6 is 0 Å². The first kappa shape index (κ1) is 18.9. The highest BCUT2D eigenvalue weighted by Crippen LogP contribution is 2.30. The number of fused-ring (bicyclic) bond motifs is 1. The molecule has 0 spiro atoms. The van der Waals surface area contributed by atoms with Gasteiger partial charge in [-0.05, 0) is 62.4 Å². The smallest absolute Gasteiger partial charge is 0.242 e. The Hall–Kier alpha value is -2.49. The summed E-state index contributed by atoms with van der Waals surface area (Å²) in [7, 11) is 0. The molecule has 1 atom stereocenters. The van der Waals surface area contributed by atoms with Crippen LogP contribution in [0.25, 0.3) is 0 Å². The van der Waals surface area contributed by atoms with E-state index >= 15 is 0 Å². The number of anilines is 2. The van der Waals surface area contributed by atoms with Crippen molar-refractivity contribution >= 4 is 17.3 Å². The second-order valence-corrected chi connectivity index (χ2v) is 8.23. The lowest BCUT2D eigenvalue weighted by atomic mass is 9.96. The van der Waals surface area contributed by atoms with Crippen LogP contribution in [0.1, 0.15) is 30.0 Å². The molecule has 4 nitrogen and oxygen atoms in total. The molecule has 0 radical (unpaired) electrons. The van der Waals surface area contributed by atoms with Gasteiger partial charge in [0.15, 0.2) is 0 Å². The molecule has 4 rings (SSSR count). The Balaban J connectivity index is 1.40. The van der Waals surface area contributed by atoms with E-state index in [-0.39, 0.29) is 5.91 Å². The molecule has 1 amide bonds. The molecule has 0 saturated carbocycles. The summed E-state index contributed by atoms with van der Waals surface area (Å²) in [5.74, 6) is 0.254. The third-order valence-electron chi connectivity index (χ3n) is 6.52. The Labute approximate surface area is 168 Å². The molecule has 1 saturated heterocycles.